The van der Waals surface area contributed by atoms with E-state index in [1.54, 1.807) is 7.11 Å². The first kappa shape index (κ1) is 11.9. The minimum absolute atomic E-state index is 0.00958. The Morgan fingerprint density at radius 2 is 2.19 bits per heavy atom. The second kappa shape index (κ2) is 5.15. The number of methoxy groups -OCH3 is 1. The summed E-state index contributed by atoms with van der Waals surface area (Å²) < 4.78 is 5.20. The first-order valence-corrected chi connectivity index (χ1v) is 6.27. The van der Waals surface area contributed by atoms with Gasteiger partial charge >= 0.3 is 0 Å². The van der Waals surface area contributed by atoms with Crippen LogP contribution in [0.3, 0.4) is 0 Å². The Bertz CT molecular complexity index is 251. The standard InChI is InChI=1S/C12H22N2O2/c1-8-4-3-5-13-11(8)12(15)14-9-6-10(7-9)16-2/h8-11,13H,3-7H2,1-2H3,(H,14,15). The first-order chi connectivity index (χ1) is 7.70. The van der Waals surface area contributed by atoms with Gasteiger partial charge in [-0.05, 0) is 38.1 Å². The fourth-order valence-electron chi connectivity index (χ4n) is 2.57. The zero-order valence-corrected chi connectivity index (χ0v) is 10.2. The molecule has 1 aliphatic heterocycles. The topological polar surface area (TPSA) is 50.4 Å². The fourth-order valence-corrected chi connectivity index (χ4v) is 2.57. The van der Waals surface area contributed by atoms with E-state index >= 15 is 0 Å². The van der Waals surface area contributed by atoms with Crippen molar-refractivity contribution < 1.29 is 9.53 Å². The van der Waals surface area contributed by atoms with Gasteiger partial charge in [0.05, 0.1) is 12.1 Å². The Morgan fingerprint density at radius 3 is 2.81 bits per heavy atom. The molecule has 0 spiro atoms. The molecule has 0 aromatic rings. The van der Waals surface area contributed by atoms with Crippen molar-refractivity contribution in [3.05, 3.63) is 0 Å². The van der Waals surface area contributed by atoms with Crippen molar-refractivity contribution in [2.75, 3.05) is 13.7 Å². The van der Waals surface area contributed by atoms with Crippen LogP contribution in [-0.4, -0.2) is 37.7 Å². The summed E-state index contributed by atoms with van der Waals surface area (Å²) in [5, 5.41) is 6.40. The minimum atomic E-state index is 0.00958. The van der Waals surface area contributed by atoms with Crippen molar-refractivity contribution in [2.45, 2.75) is 50.8 Å². The summed E-state index contributed by atoms with van der Waals surface area (Å²) in [6.07, 6.45) is 4.60. The Kier molecular flexibility index (Phi) is 3.82. The van der Waals surface area contributed by atoms with Gasteiger partial charge in [0.25, 0.3) is 0 Å². The number of piperidine rings is 1. The van der Waals surface area contributed by atoms with E-state index in [2.05, 4.69) is 17.6 Å². The van der Waals surface area contributed by atoms with Crippen LogP contribution in [0, 0.1) is 5.92 Å². The highest BCUT2D eigenvalue weighted by Gasteiger charge is 2.34. The third-order valence-corrected chi connectivity index (χ3v) is 3.83. The molecule has 4 heteroatoms. The number of ether oxygens (including phenoxy) is 1. The molecule has 2 unspecified atom stereocenters. The van der Waals surface area contributed by atoms with Crippen molar-refractivity contribution in [3.63, 3.8) is 0 Å². The van der Waals surface area contributed by atoms with Gasteiger partial charge in [-0.15, -0.1) is 0 Å². The molecule has 0 bridgehead atoms. The SMILES string of the molecule is COC1CC(NC(=O)C2NCCCC2C)C1. The Labute approximate surface area is 97.1 Å². The average Bonchev–Trinajstić information content (AvgIpc) is 2.23. The number of amides is 1. The normalized spacial score (nSPS) is 38.9. The molecule has 0 radical (unpaired) electrons. The molecule has 1 amide bonds. The second-order valence-corrected chi connectivity index (χ2v) is 5.09. The van der Waals surface area contributed by atoms with Crippen LogP contribution in [0.5, 0.6) is 0 Å². The van der Waals surface area contributed by atoms with E-state index in [1.807, 2.05) is 0 Å². The predicted molar refractivity (Wildman–Crippen MR) is 62.2 cm³/mol. The summed E-state index contributed by atoms with van der Waals surface area (Å²) in [5.41, 5.74) is 0. The molecule has 1 aliphatic carbocycles. The first-order valence-electron chi connectivity index (χ1n) is 6.27. The summed E-state index contributed by atoms with van der Waals surface area (Å²) in [4.78, 5) is 12.0. The molecule has 4 nitrogen and oxygen atoms in total. The molecule has 2 N–H and O–H groups in total. The van der Waals surface area contributed by atoms with E-state index in [0.717, 1.165) is 25.8 Å². The molecular formula is C12H22N2O2. The van der Waals surface area contributed by atoms with Gasteiger partial charge in [0.1, 0.15) is 0 Å². The van der Waals surface area contributed by atoms with Crippen LogP contribution in [0.2, 0.25) is 0 Å². The van der Waals surface area contributed by atoms with E-state index in [-0.39, 0.29) is 11.9 Å². The Hall–Kier alpha value is -0.610. The van der Waals surface area contributed by atoms with Gasteiger partial charge in [0.2, 0.25) is 5.91 Å². The van der Waals surface area contributed by atoms with E-state index in [4.69, 9.17) is 4.74 Å². The maximum absolute atomic E-state index is 12.0. The zero-order chi connectivity index (χ0) is 11.5. The minimum Gasteiger partial charge on any atom is -0.381 e. The molecule has 2 fully saturated rings. The molecule has 92 valence electrons. The second-order valence-electron chi connectivity index (χ2n) is 5.09. The molecule has 2 rings (SSSR count). The average molecular weight is 226 g/mol. The highest BCUT2D eigenvalue weighted by molar-refractivity contribution is 5.82. The largest absolute Gasteiger partial charge is 0.381 e. The molecule has 0 aromatic carbocycles. The molecular weight excluding hydrogens is 204 g/mol. The molecule has 2 aliphatic rings. The predicted octanol–water partition coefficient (Wildman–Crippen LogP) is 0.668. The summed E-state index contributed by atoms with van der Waals surface area (Å²) in [5.74, 6) is 0.624. The van der Waals surface area contributed by atoms with Crippen LogP contribution in [0.4, 0.5) is 0 Å². The van der Waals surface area contributed by atoms with Gasteiger partial charge in [-0.1, -0.05) is 6.92 Å². The lowest BCUT2D eigenvalue weighted by molar-refractivity contribution is -0.127. The smallest absolute Gasteiger partial charge is 0.237 e. The summed E-state index contributed by atoms with van der Waals surface area (Å²) >= 11 is 0. The van der Waals surface area contributed by atoms with Gasteiger partial charge in [-0.3, -0.25) is 4.79 Å². The molecule has 2 atom stereocenters. The number of carbonyl (C=O) groups is 1. The van der Waals surface area contributed by atoms with Gasteiger partial charge in [0, 0.05) is 13.2 Å². The van der Waals surface area contributed by atoms with Crippen LogP contribution in [0.25, 0.3) is 0 Å². The van der Waals surface area contributed by atoms with Crippen LogP contribution in [0.1, 0.15) is 32.6 Å². The third-order valence-electron chi connectivity index (χ3n) is 3.83. The number of rotatable bonds is 3. The summed E-state index contributed by atoms with van der Waals surface area (Å²) in [6.45, 7) is 3.11. The van der Waals surface area contributed by atoms with Crippen LogP contribution >= 0.6 is 0 Å². The van der Waals surface area contributed by atoms with Crippen molar-refractivity contribution >= 4 is 5.91 Å². The van der Waals surface area contributed by atoms with Crippen molar-refractivity contribution in [1.29, 1.82) is 0 Å². The van der Waals surface area contributed by atoms with Crippen molar-refractivity contribution in [1.82, 2.24) is 10.6 Å². The Morgan fingerprint density at radius 1 is 1.44 bits per heavy atom. The van der Waals surface area contributed by atoms with E-state index in [1.165, 1.54) is 6.42 Å². The zero-order valence-electron chi connectivity index (χ0n) is 10.2. The highest BCUT2D eigenvalue weighted by atomic mass is 16.5. The van der Waals surface area contributed by atoms with Gasteiger partial charge in [-0.25, -0.2) is 0 Å². The fraction of sp³-hybridized carbons (Fsp3) is 0.917. The Balaban J connectivity index is 1.75. The van der Waals surface area contributed by atoms with Crippen LogP contribution in [-0.2, 0) is 9.53 Å². The monoisotopic (exact) mass is 226 g/mol. The summed E-state index contributed by atoms with van der Waals surface area (Å²) in [6, 6.07) is 0.337. The van der Waals surface area contributed by atoms with Gasteiger partial charge in [-0.2, -0.15) is 0 Å². The molecule has 1 saturated heterocycles. The lowest BCUT2D eigenvalue weighted by atomic mass is 9.87. The van der Waals surface area contributed by atoms with Crippen LogP contribution < -0.4 is 10.6 Å². The van der Waals surface area contributed by atoms with E-state index in [9.17, 15) is 4.79 Å². The lowest BCUT2D eigenvalue weighted by Crippen LogP contribution is -2.56. The molecule has 1 saturated carbocycles. The van der Waals surface area contributed by atoms with Crippen molar-refractivity contribution in [2.24, 2.45) is 5.92 Å². The number of hydrogen-bond acceptors (Lipinski definition) is 3. The molecule has 16 heavy (non-hydrogen) atoms. The van der Waals surface area contributed by atoms with Gasteiger partial charge in [0.15, 0.2) is 0 Å². The quantitative estimate of drug-likeness (QED) is 0.743. The lowest BCUT2D eigenvalue weighted by Gasteiger charge is -2.37. The maximum Gasteiger partial charge on any atom is 0.237 e. The number of nitrogens with one attached hydrogen (secondary N) is 2. The van der Waals surface area contributed by atoms with E-state index in [0.29, 0.717) is 18.1 Å². The van der Waals surface area contributed by atoms with Gasteiger partial charge < -0.3 is 15.4 Å². The highest BCUT2D eigenvalue weighted by Crippen LogP contribution is 2.23. The maximum atomic E-state index is 12.0. The summed E-state index contributed by atoms with van der Waals surface area (Å²) in [7, 11) is 1.73. The number of carbonyl (C=O) groups excluding carboxylic acids is 1. The number of hydrogen-bond donors (Lipinski definition) is 2. The van der Waals surface area contributed by atoms with Crippen LogP contribution in [0.15, 0.2) is 0 Å². The molecule has 1 heterocycles. The van der Waals surface area contributed by atoms with E-state index < -0.39 is 0 Å². The molecule has 0 aromatic heterocycles. The third kappa shape index (κ3) is 2.55. The van der Waals surface area contributed by atoms with Crippen molar-refractivity contribution in [3.8, 4) is 0 Å².